The highest BCUT2D eigenvalue weighted by Crippen LogP contribution is 2.39. The minimum absolute atomic E-state index is 0.0968. The van der Waals surface area contributed by atoms with Crippen molar-refractivity contribution < 1.29 is 38.7 Å². The third-order valence-electron chi connectivity index (χ3n) is 10.3. The average Bonchev–Trinajstić information content (AvgIpc) is 3.17. The van der Waals surface area contributed by atoms with Crippen LogP contribution in [0.1, 0.15) is 109 Å². The Morgan fingerprint density at radius 2 is 1.42 bits per heavy atom. The summed E-state index contributed by atoms with van der Waals surface area (Å²) in [6.45, 7) is 9.25. The van der Waals surface area contributed by atoms with Crippen LogP contribution in [0.15, 0.2) is 72.8 Å². The predicted octanol–water partition coefficient (Wildman–Crippen LogP) is 9.54. The maximum Gasteiger partial charge on any atom is 0.338 e. The highest BCUT2D eigenvalue weighted by Gasteiger charge is 2.29. The molecule has 8 nitrogen and oxygen atoms in total. The van der Waals surface area contributed by atoms with Crippen molar-refractivity contribution in [1.82, 2.24) is 0 Å². The summed E-state index contributed by atoms with van der Waals surface area (Å²) in [6.07, 6.45) is 14.3. The topological polar surface area (TPSA) is 112 Å². The van der Waals surface area contributed by atoms with Crippen molar-refractivity contribution in [1.29, 1.82) is 0 Å². The number of carbonyl (C=O) groups is 2. The van der Waals surface area contributed by atoms with Crippen LogP contribution in [0, 0.1) is 11.3 Å². The summed E-state index contributed by atoms with van der Waals surface area (Å²) in [5, 5.41) is 18.6. The number of aliphatic hydroxyl groups excluding tert-OH is 2. The number of aliphatic hydroxyl groups is 2. The fraction of sp³-hybridized carbons (Fsp3) is 0.500. The van der Waals surface area contributed by atoms with Gasteiger partial charge in [-0.1, -0.05) is 107 Å². The molecule has 0 spiro atoms. The Kier molecular flexibility index (Phi) is 15.8. The van der Waals surface area contributed by atoms with Gasteiger partial charge in [-0.05, 0) is 103 Å². The molecule has 52 heavy (non-hydrogen) atoms. The molecule has 0 unspecified atom stereocenters. The molecular formula is C44H58O8. The Balaban J connectivity index is 1.45. The lowest BCUT2D eigenvalue weighted by Gasteiger charge is -2.29. The highest BCUT2D eigenvalue weighted by atomic mass is 16.7. The second-order valence-electron chi connectivity index (χ2n) is 14.6. The van der Waals surface area contributed by atoms with E-state index < -0.39 is 37.5 Å². The van der Waals surface area contributed by atoms with Crippen molar-refractivity contribution in [2.24, 2.45) is 11.3 Å². The van der Waals surface area contributed by atoms with E-state index in [0.717, 1.165) is 34.6 Å². The van der Waals surface area contributed by atoms with E-state index in [1.54, 1.807) is 26.0 Å². The first-order chi connectivity index (χ1) is 25.1. The Morgan fingerprint density at radius 3 is 2.10 bits per heavy atom. The number of ether oxygens (including phenoxy) is 4. The van der Waals surface area contributed by atoms with Crippen LogP contribution in [0.3, 0.4) is 0 Å². The molecule has 0 amide bonds. The summed E-state index contributed by atoms with van der Waals surface area (Å²) < 4.78 is 21.9. The van der Waals surface area contributed by atoms with Gasteiger partial charge in [-0.15, -0.1) is 0 Å². The first-order valence-electron chi connectivity index (χ1n) is 19.0. The fourth-order valence-electron chi connectivity index (χ4n) is 6.74. The van der Waals surface area contributed by atoms with Gasteiger partial charge in [-0.3, -0.25) is 4.79 Å². The number of benzene rings is 3. The van der Waals surface area contributed by atoms with Crippen molar-refractivity contribution in [3.05, 3.63) is 83.9 Å². The lowest BCUT2D eigenvalue weighted by molar-refractivity contribution is -0.163. The van der Waals surface area contributed by atoms with E-state index in [0.29, 0.717) is 5.92 Å². The molecule has 1 fully saturated rings. The number of hydrogen-bond donors (Lipinski definition) is 2. The van der Waals surface area contributed by atoms with E-state index in [9.17, 15) is 19.8 Å². The van der Waals surface area contributed by atoms with Crippen LogP contribution in [0.4, 0.5) is 0 Å². The second-order valence-corrected chi connectivity index (χ2v) is 14.6. The van der Waals surface area contributed by atoms with Gasteiger partial charge in [0.1, 0.15) is 0 Å². The molecule has 8 heteroatoms. The largest absolute Gasteiger partial charge is 0.453 e. The van der Waals surface area contributed by atoms with Crippen LogP contribution in [-0.2, 0) is 25.5 Å². The Hall–Kier alpha value is -4.14. The monoisotopic (exact) mass is 714 g/mol. The van der Waals surface area contributed by atoms with Gasteiger partial charge in [-0.25, -0.2) is 4.79 Å². The number of hydrogen-bond acceptors (Lipinski definition) is 8. The van der Waals surface area contributed by atoms with Gasteiger partial charge in [0, 0.05) is 0 Å². The highest BCUT2D eigenvalue weighted by molar-refractivity contribution is 5.87. The lowest BCUT2D eigenvalue weighted by atomic mass is 9.77. The molecule has 0 aromatic heterocycles. The normalized spacial score (nSPS) is 15.9. The molecule has 3 aromatic carbocycles. The third-order valence-corrected chi connectivity index (χ3v) is 10.3. The van der Waals surface area contributed by atoms with Crippen molar-refractivity contribution >= 4 is 11.9 Å². The standard InChI is InChI=1S/C44H58O8/c1-6-8-9-10-11-12-32-13-15-34(16-14-32)35-17-19-36(20-18-35)37-21-23-39(33(7-2)25-37)38-22-24-40(49-30-52-43(48)44(4,5)28-46)41(26-38)50-29-51-42(47)31(3)27-45/h17-26,32,34,45-46H,3,6-16,27-30H2,1-2,4-5H3. The molecular weight excluding hydrogens is 656 g/mol. The van der Waals surface area contributed by atoms with Crippen LogP contribution in [-0.4, -0.2) is 49.0 Å². The van der Waals surface area contributed by atoms with E-state index in [1.807, 2.05) is 6.07 Å². The molecule has 0 aliphatic heterocycles. The first-order valence-corrected chi connectivity index (χ1v) is 19.0. The van der Waals surface area contributed by atoms with Crippen LogP contribution < -0.4 is 9.47 Å². The predicted molar refractivity (Wildman–Crippen MR) is 205 cm³/mol. The van der Waals surface area contributed by atoms with Crippen LogP contribution in [0.5, 0.6) is 11.5 Å². The first kappa shape index (κ1) is 40.6. The zero-order valence-corrected chi connectivity index (χ0v) is 31.6. The Morgan fingerprint density at radius 1 is 0.769 bits per heavy atom. The maximum absolute atomic E-state index is 12.3. The van der Waals surface area contributed by atoms with Gasteiger partial charge in [0.2, 0.25) is 13.6 Å². The van der Waals surface area contributed by atoms with Gasteiger partial charge in [-0.2, -0.15) is 0 Å². The van der Waals surface area contributed by atoms with E-state index >= 15 is 0 Å². The SMILES string of the molecule is C=C(CO)C(=O)OCOc1cc(-c2ccc(-c3ccc(C4CCC(CCCCCCC)CC4)cc3)cc2CC)ccc1OCOC(=O)C(C)(C)CO. The molecule has 0 saturated heterocycles. The lowest BCUT2D eigenvalue weighted by Crippen LogP contribution is -2.31. The maximum atomic E-state index is 12.3. The summed E-state index contributed by atoms with van der Waals surface area (Å²) >= 11 is 0. The summed E-state index contributed by atoms with van der Waals surface area (Å²) in [5.74, 6) is 0.687. The minimum Gasteiger partial charge on any atom is -0.453 e. The molecule has 2 N–H and O–H groups in total. The molecule has 0 atom stereocenters. The van der Waals surface area contributed by atoms with Gasteiger partial charge >= 0.3 is 11.9 Å². The van der Waals surface area contributed by atoms with Gasteiger partial charge < -0.3 is 29.2 Å². The fourth-order valence-corrected chi connectivity index (χ4v) is 6.74. The van der Waals surface area contributed by atoms with E-state index in [-0.39, 0.29) is 23.7 Å². The quantitative estimate of drug-likeness (QED) is 0.0515. The zero-order chi connectivity index (χ0) is 37.5. The molecule has 0 heterocycles. The van der Waals surface area contributed by atoms with E-state index in [1.165, 1.54) is 75.3 Å². The molecule has 1 aliphatic carbocycles. The Bertz CT molecular complexity index is 1600. The average molecular weight is 715 g/mol. The number of carbonyl (C=O) groups excluding carboxylic acids is 2. The van der Waals surface area contributed by atoms with Gasteiger partial charge in [0.25, 0.3) is 0 Å². The summed E-state index contributed by atoms with van der Waals surface area (Å²) in [5.41, 5.74) is 5.64. The number of aryl methyl sites for hydroxylation is 1. The number of esters is 2. The van der Waals surface area contributed by atoms with Crippen molar-refractivity contribution in [2.75, 3.05) is 26.8 Å². The molecule has 3 aromatic rings. The summed E-state index contributed by atoms with van der Waals surface area (Å²) in [6, 6.07) is 21.0. The smallest absolute Gasteiger partial charge is 0.338 e. The Labute approximate surface area is 310 Å². The summed E-state index contributed by atoms with van der Waals surface area (Å²) in [7, 11) is 0. The van der Waals surface area contributed by atoms with Gasteiger partial charge in [0.15, 0.2) is 11.5 Å². The molecule has 1 aliphatic rings. The molecule has 4 rings (SSSR count). The van der Waals surface area contributed by atoms with Crippen molar-refractivity contribution in [3.63, 3.8) is 0 Å². The van der Waals surface area contributed by atoms with Crippen molar-refractivity contribution in [2.45, 2.75) is 104 Å². The third kappa shape index (κ3) is 11.4. The van der Waals surface area contributed by atoms with Crippen LogP contribution in [0.2, 0.25) is 0 Å². The van der Waals surface area contributed by atoms with Gasteiger partial charge in [0.05, 0.1) is 24.2 Å². The molecule has 282 valence electrons. The van der Waals surface area contributed by atoms with Crippen LogP contribution in [0.25, 0.3) is 22.3 Å². The van der Waals surface area contributed by atoms with Crippen LogP contribution >= 0.6 is 0 Å². The molecule has 1 saturated carbocycles. The van der Waals surface area contributed by atoms with E-state index in [4.69, 9.17) is 18.9 Å². The number of unbranched alkanes of at least 4 members (excludes halogenated alkanes) is 4. The molecule has 0 radical (unpaired) electrons. The second kappa shape index (κ2) is 20.2. The summed E-state index contributed by atoms with van der Waals surface area (Å²) in [4.78, 5) is 24.4. The van der Waals surface area contributed by atoms with Crippen molar-refractivity contribution in [3.8, 4) is 33.8 Å². The minimum atomic E-state index is -1.08. The van der Waals surface area contributed by atoms with E-state index in [2.05, 4.69) is 62.9 Å². The number of rotatable bonds is 20. The zero-order valence-electron chi connectivity index (χ0n) is 31.6. The molecule has 0 bridgehead atoms.